The number of rotatable bonds is 4. The van der Waals surface area contributed by atoms with E-state index in [9.17, 15) is 14.9 Å². The molecular formula is C15H22N4O3. The summed E-state index contributed by atoms with van der Waals surface area (Å²) in [6, 6.07) is 0.0395. The summed E-state index contributed by atoms with van der Waals surface area (Å²) in [5, 5.41) is 18.2. The number of nitrogens with zero attached hydrogens (tertiary/aromatic N) is 3. The zero-order valence-electron chi connectivity index (χ0n) is 13.2. The van der Waals surface area contributed by atoms with E-state index in [1.807, 2.05) is 6.92 Å². The van der Waals surface area contributed by atoms with Crippen LogP contribution >= 0.6 is 0 Å². The Morgan fingerprint density at radius 1 is 1.45 bits per heavy atom. The number of aromatic nitrogens is 2. The van der Waals surface area contributed by atoms with Gasteiger partial charge in [-0.05, 0) is 50.9 Å². The third-order valence-corrected chi connectivity index (χ3v) is 5.38. The highest BCUT2D eigenvalue weighted by atomic mass is 16.6. The second-order valence-electron chi connectivity index (χ2n) is 6.76. The minimum Gasteiger partial charge on any atom is -0.348 e. The van der Waals surface area contributed by atoms with Crippen LogP contribution in [0.25, 0.3) is 0 Å². The van der Waals surface area contributed by atoms with E-state index in [1.54, 1.807) is 14.0 Å². The smallest absolute Gasteiger partial charge is 0.322 e. The molecule has 4 unspecified atom stereocenters. The molecule has 2 bridgehead atoms. The van der Waals surface area contributed by atoms with Crippen LogP contribution in [0.15, 0.2) is 0 Å². The van der Waals surface area contributed by atoms with E-state index in [2.05, 4.69) is 10.4 Å². The number of fused-ring (bicyclic) bond motifs is 2. The normalized spacial score (nSPS) is 27.9. The maximum atomic E-state index is 12.5. The molecule has 0 saturated heterocycles. The number of hydrogen-bond acceptors (Lipinski definition) is 4. The monoisotopic (exact) mass is 306 g/mol. The van der Waals surface area contributed by atoms with Crippen molar-refractivity contribution >= 4 is 11.6 Å². The Bertz CT molecular complexity index is 625. The number of carbonyl (C=O) groups excluding carboxylic acids is 1. The summed E-state index contributed by atoms with van der Waals surface area (Å²) in [5.41, 5.74) is 0.114. The van der Waals surface area contributed by atoms with E-state index in [0.29, 0.717) is 11.8 Å². The Balaban J connectivity index is 1.76. The fraction of sp³-hybridized carbons (Fsp3) is 0.733. The highest BCUT2D eigenvalue weighted by molar-refractivity contribution is 5.97. The van der Waals surface area contributed by atoms with Crippen LogP contribution in [0.5, 0.6) is 0 Å². The third-order valence-electron chi connectivity index (χ3n) is 5.38. The molecule has 0 aliphatic heterocycles. The van der Waals surface area contributed by atoms with E-state index in [-0.39, 0.29) is 23.1 Å². The molecular weight excluding hydrogens is 284 g/mol. The number of nitro groups is 1. The van der Waals surface area contributed by atoms with E-state index in [4.69, 9.17) is 0 Å². The van der Waals surface area contributed by atoms with Crippen molar-refractivity contribution in [3.63, 3.8) is 0 Å². The Morgan fingerprint density at radius 3 is 2.73 bits per heavy atom. The van der Waals surface area contributed by atoms with Gasteiger partial charge in [0.15, 0.2) is 0 Å². The van der Waals surface area contributed by atoms with Crippen LogP contribution in [0.2, 0.25) is 0 Å². The Labute approximate surface area is 129 Å². The molecule has 7 heteroatoms. The summed E-state index contributed by atoms with van der Waals surface area (Å²) < 4.78 is 1.30. The third kappa shape index (κ3) is 2.38. The number of amides is 1. The SMILES string of the molecule is Cc1nn(C)c(C(=O)NC(C)C2CC3CCC2C3)c1[N+](=O)[O-]. The van der Waals surface area contributed by atoms with Gasteiger partial charge < -0.3 is 5.32 Å². The van der Waals surface area contributed by atoms with Gasteiger partial charge in [0.05, 0.1) is 4.92 Å². The zero-order chi connectivity index (χ0) is 16.0. The maximum absolute atomic E-state index is 12.5. The first kappa shape index (κ1) is 15.0. The van der Waals surface area contributed by atoms with Crippen molar-refractivity contribution in [1.29, 1.82) is 0 Å². The van der Waals surface area contributed by atoms with Crippen LogP contribution in [-0.4, -0.2) is 26.7 Å². The Kier molecular flexibility index (Phi) is 3.66. The lowest BCUT2D eigenvalue weighted by atomic mass is 9.84. The summed E-state index contributed by atoms with van der Waals surface area (Å²) in [4.78, 5) is 23.2. The predicted octanol–water partition coefficient (Wildman–Crippen LogP) is 2.19. The van der Waals surface area contributed by atoms with Gasteiger partial charge in [-0.2, -0.15) is 5.10 Å². The standard InChI is InChI=1S/C15H22N4O3/c1-8(12-7-10-4-5-11(12)6-10)16-15(20)14-13(19(21)22)9(2)17-18(14)3/h8,10-12H,4-7H2,1-3H3,(H,16,20). The van der Waals surface area contributed by atoms with Gasteiger partial charge in [-0.1, -0.05) is 6.42 Å². The molecule has 2 aliphatic carbocycles. The summed E-state index contributed by atoms with van der Waals surface area (Å²) in [7, 11) is 1.57. The van der Waals surface area contributed by atoms with Gasteiger partial charge in [0.25, 0.3) is 5.91 Å². The highest BCUT2D eigenvalue weighted by Crippen LogP contribution is 2.49. The lowest BCUT2D eigenvalue weighted by Crippen LogP contribution is -2.41. The first-order valence-corrected chi connectivity index (χ1v) is 7.87. The largest absolute Gasteiger partial charge is 0.348 e. The van der Waals surface area contributed by atoms with Gasteiger partial charge in [0.1, 0.15) is 5.69 Å². The van der Waals surface area contributed by atoms with E-state index in [0.717, 1.165) is 5.92 Å². The number of nitrogens with one attached hydrogen (secondary N) is 1. The van der Waals surface area contributed by atoms with Crippen molar-refractivity contribution in [2.45, 2.75) is 45.6 Å². The van der Waals surface area contributed by atoms with Gasteiger partial charge in [-0.3, -0.25) is 19.6 Å². The molecule has 4 atom stereocenters. The average molecular weight is 306 g/mol. The molecule has 1 aromatic rings. The van der Waals surface area contributed by atoms with Crippen molar-refractivity contribution in [3.05, 3.63) is 21.5 Å². The molecule has 2 saturated carbocycles. The summed E-state index contributed by atoms with van der Waals surface area (Å²) in [5.74, 6) is 1.60. The van der Waals surface area contributed by atoms with Crippen molar-refractivity contribution in [2.24, 2.45) is 24.8 Å². The van der Waals surface area contributed by atoms with Crippen LogP contribution in [0.1, 0.15) is 48.8 Å². The van der Waals surface area contributed by atoms with Crippen molar-refractivity contribution in [1.82, 2.24) is 15.1 Å². The predicted molar refractivity (Wildman–Crippen MR) is 80.5 cm³/mol. The van der Waals surface area contributed by atoms with Gasteiger partial charge in [-0.15, -0.1) is 0 Å². The minimum absolute atomic E-state index is 0.0394. The second kappa shape index (κ2) is 5.37. The van der Waals surface area contributed by atoms with Gasteiger partial charge in [-0.25, -0.2) is 0 Å². The molecule has 1 aromatic heterocycles. The minimum atomic E-state index is -0.528. The quantitative estimate of drug-likeness (QED) is 0.682. The zero-order valence-corrected chi connectivity index (χ0v) is 13.2. The van der Waals surface area contributed by atoms with Crippen molar-refractivity contribution in [3.8, 4) is 0 Å². The lowest BCUT2D eigenvalue weighted by molar-refractivity contribution is -0.385. The molecule has 2 aliphatic rings. The fourth-order valence-corrected chi connectivity index (χ4v) is 4.41. The molecule has 1 heterocycles. The van der Waals surface area contributed by atoms with Crippen LogP contribution in [-0.2, 0) is 7.05 Å². The first-order valence-electron chi connectivity index (χ1n) is 7.87. The lowest BCUT2D eigenvalue weighted by Gasteiger charge is -2.28. The van der Waals surface area contributed by atoms with E-state index < -0.39 is 10.8 Å². The molecule has 1 N–H and O–H groups in total. The van der Waals surface area contributed by atoms with Gasteiger partial charge in [0.2, 0.25) is 5.69 Å². The molecule has 3 rings (SSSR count). The Morgan fingerprint density at radius 2 is 2.18 bits per heavy atom. The number of hydrogen-bond donors (Lipinski definition) is 1. The Hall–Kier alpha value is -1.92. The maximum Gasteiger partial charge on any atom is 0.322 e. The number of aryl methyl sites for hydroxylation is 2. The van der Waals surface area contributed by atoms with Crippen molar-refractivity contribution < 1.29 is 9.72 Å². The molecule has 2 fully saturated rings. The summed E-state index contributed by atoms with van der Waals surface area (Å²) >= 11 is 0. The molecule has 0 spiro atoms. The van der Waals surface area contributed by atoms with Crippen LogP contribution in [0.4, 0.5) is 5.69 Å². The van der Waals surface area contributed by atoms with Crippen LogP contribution < -0.4 is 5.32 Å². The van der Waals surface area contributed by atoms with Gasteiger partial charge in [0, 0.05) is 13.1 Å². The molecule has 0 aromatic carbocycles. The molecule has 22 heavy (non-hydrogen) atoms. The summed E-state index contributed by atoms with van der Waals surface area (Å²) in [6.07, 6.45) is 5.00. The highest BCUT2D eigenvalue weighted by Gasteiger charge is 2.42. The fourth-order valence-electron chi connectivity index (χ4n) is 4.41. The van der Waals surface area contributed by atoms with Crippen molar-refractivity contribution in [2.75, 3.05) is 0 Å². The van der Waals surface area contributed by atoms with E-state index >= 15 is 0 Å². The molecule has 0 radical (unpaired) electrons. The average Bonchev–Trinajstić information content (AvgIpc) is 3.11. The number of carbonyl (C=O) groups is 1. The second-order valence-corrected chi connectivity index (χ2v) is 6.76. The van der Waals surface area contributed by atoms with Gasteiger partial charge >= 0.3 is 5.69 Å². The molecule has 7 nitrogen and oxygen atoms in total. The topological polar surface area (TPSA) is 90.1 Å². The van der Waals surface area contributed by atoms with Crippen LogP contribution in [0, 0.1) is 34.8 Å². The first-order chi connectivity index (χ1) is 10.4. The summed E-state index contributed by atoms with van der Waals surface area (Å²) in [6.45, 7) is 3.56. The van der Waals surface area contributed by atoms with E-state index in [1.165, 1.54) is 30.4 Å². The van der Waals surface area contributed by atoms with Crippen LogP contribution in [0.3, 0.4) is 0 Å². The molecule has 120 valence electrons. The molecule has 1 amide bonds.